The Hall–Kier alpha value is -1.26. The van der Waals surface area contributed by atoms with Crippen molar-refractivity contribution < 1.29 is 9.47 Å². The van der Waals surface area contributed by atoms with Crippen molar-refractivity contribution in [1.82, 2.24) is 10.2 Å². The van der Waals surface area contributed by atoms with Crippen molar-refractivity contribution in [3.05, 3.63) is 23.8 Å². The van der Waals surface area contributed by atoms with Crippen LogP contribution in [-0.2, 0) is 0 Å². The highest BCUT2D eigenvalue weighted by Gasteiger charge is 2.34. The van der Waals surface area contributed by atoms with E-state index in [0.717, 1.165) is 31.1 Å². The molecule has 21 heavy (non-hydrogen) atoms. The van der Waals surface area contributed by atoms with Crippen LogP contribution in [0, 0.1) is 5.92 Å². The first kappa shape index (κ1) is 16.1. The predicted octanol–water partition coefficient (Wildman–Crippen LogP) is 2.70. The second-order valence-corrected chi connectivity index (χ2v) is 5.79. The molecule has 4 heteroatoms. The quantitative estimate of drug-likeness (QED) is 0.784. The normalized spacial score (nSPS) is 22.5. The maximum absolute atomic E-state index is 5.58. The van der Waals surface area contributed by atoms with Gasteiger partial charge in [-0.25, -0.2) is 0 Å². The second kappa shape index (κ2) is 7.66. The SMILES string of the molecule is CCCNCC1CCN(C)C1c1cc(OC)ccc1OC. The molecule has 1 N–H and O–H groups in total. The van der Waals surface area contributed by atoms with Crippen LogP contribution in [0.15, 0.2) is 18.2 Å². The van der Waals surface area contributed by atoms with Gasteiger partial charge >= 0.3 is 0 Å². The molecule has 0 bridgehead atoms. The maximum Gasteiger partial charge on any atom is 0.123 e. The number of hydrogen-bond donors (Lipinski definition) is 1. The van der Waals surface area contributed by atoms with Crippen molar-refractivity contribution in [3.8, 4) is 11.5 Å². The Bertz CT molecular complexity index is 450. The zero-order valence-corrected chi connectivity index (χ0v) is 13.7. The van der Waals surface area contributed by atoms with E-state index in [1.165, 1.54) is 18.4 Å². The smallest absolute Gasteiger partial charge is 0.123 e. The molecule has 0 spiro atoms. The van der Waals surface area contributed by atoms with Crippen LogP contribution < -0.4 is 14.8 Å². The number of hydrogen-bond acceptors (Lipinski definition) is 4. The summed E-state index contributed by atoms with van der Waals surface area (Å²) in [6.07, 6.45) is 2.40. The average molecular weight is 292 g/mol. The van der Waals surface area contributed by atoms with Crippen LogP contribution >= 0.6 is 0 Å². The summed E-state index contributed by atoms with van der Waals surface area (Å²) in [6.45, 7) is 5.48. The van der Waals surface area contributed by atoms with E-state index in [9.17, 15) is 0 Å². The predicted molar refractivity (Wildman–Crippen MR) is 86.2 cm³/mol. The van der Waals surface area contributed by atoms with Crippen molar-refractivity contribution in [3.63, 3.8) is 0 Å². The average Bonchev–Trinajstić information content (AvgIpc) is 2.87. The van der Waals surface area contributed by atoms with Crippen molar-refractivity contribution in [2.45, 2.75) is 25.8 Å². The van der Waals surface area contributed by atoms with Gasteiger partial charge in [-0.3, -0.25) is 4.90 Å². The van der Waals surface area contributed by atoms with Gasteiger partial charge in [-0.2, -0.15) is 0 Å². The van der Waals surface area contributed by atoms with Crippen LogP contribution in [0.2, 0.25) is 0 Å². The molecule has 1 aromatic rings. The van der Waals surface area contributed by atoms with Crippen molar-refractivity contribution in [2.75, 3.05) is 40.9 Å². The molecule has 0 aliphatic carbocycles. The number of benzene rings is 1. The second-order valence-electron chi connectivity index (χ2n) is 5.79. The zero-order chi connectivity index (χ0) is 15.2. The molecule has 1 aliphatic heterocycles. The fourth-order valence-corrected chi connectivity index (χ4v) is 3.27. The van der Waals surface area contributed by atoms with E-state index in [0.29, 0.717) is 12.0 Å². The van der Waals surface area contributed by atoms with Gasteiger partial charge in [-0.15, -0.1) is 0 Å². The van der Waals surface area contributed by atoms with Crippen molar-refractivity contribution >= 4 is 0 Å². The maximum atomic E-state index is 5.58. The fraction of sp³-hybridized carbons (Fsp3) is 0.647. The number of likely N-dealkylation sites (tertiary alicyclic amines) is 1. The third-order valence-corrected chi connectivity index (χ3v) is 4.36. The molecule has 1 aromatic carbocycles. The Labute approximate surface area is 128 Å². The third kappa shape index (κ3) is 3.69. The molecule has 1 fully saturated rings. The van der Waals surface area contributed by atoms with Gasteiger partial charge in [0.1, 0.15) is 11.5 Å². The molecule has 2 unspecified atom stereocenters. The number of nitrogens with one attached hydrogen (secondary N) is 1. The van der Waals surface area contributed by atoms with Crippen molar-refractivity contribution in [2.24, 2.45) is 5.92 Å². The molecule has 2 rings (SSSR count). The largest absolute Gasteiger partial charge is 0.497 e. The lowest BCUT2D eigenvalue weighted by molar-refractivity contribution is 0.262. The minimum Gasteiger partial charge on any atom is -0.497 e. The Balaban J connectivity index is 2.23. The van der Waals surface area contributed by atoms with E-state index < -0.39 is 0 Å². The Morgan fingerprint density at radius 2 is 2.10 bits per heavy atom. The number of methoxy groups -OCH3 is 2. The highest BCUT2D eigenvalue weighted by molar-refractivity contribution is 5.43. The van der Waals surface area contributed by atoms with Gasteiger partial charge in [0.25, 0.3) is 0 Å². The van der Waals surface area contributed by atoms with Crippen LogP contribution in [0.25, 0.3) is 0 Å². The van der Waals surface area contributed by atoms with Gasteiger partial charge in [0.15, 0.2) is 0 Å². The summed E-state index contributed by atoms with van der Waals surface area (Å²) in [5.41, 5.74) is 1.24. The van der Waals surface area contributed by atoms with E-state index in [-0.39, 0.29) is 0 Å². The lowest BCUT2D eigenvalue weighted by atomic mass is 9.92. The first-order valence-electron chi connectivity index (χ1n) is 7.84. The third-order valence-electron chi connectivity index (χ3n) is 4.36. The fourth-order valence-electron chi connectivity index (χ4n) is 3.27. The van der Waals surface area contributed by atoms with E-state index in [2.05, 4.69) is 30.3 Å². The number of nitrogens with zero attached hydrogens (tertiary/aromatic N) is 1. The highest BCUT2D eigenvalue weighted by atomic mass is 16.5. The van der Waals surface area contributed by atoms with Crippen LogP contribution in [0.5, 0.6) is 11.5 Å². The lowest BCUT2D eigenvalue weighted by Crippen LogP contribution is -2.29. The van der Waals surface area contributed by atoms with E-state index in [1.807, 2.05) is 12.1 Å². The zero-order valence-electron chi connectivity index (χ0n) is 13.7. The Morgan fingerprint density at radius 3 is 2.76 bits per heavy atom. The molecule has 0 aromatic heterocycles. The van der Waals surface area contributed by atoms with Gasteiger partial charge < -0.3 is 14.8 Å². The number of ether oxygens (including phenoxy) is 2. The molecule has 1 saturated heterocycles. The molecule has 0 radical (unpaired) electrons. The van der Waals surface area contributed by atoms with Crippen LogP contribution in [0.3, 0.4) is 0 Å². The van der Waals surface area contributed by atoms with Gasteiger partial charge in [0.2, 0.25) is 0 Å². The summed E-state index contributed by atoms with van der Waals surface area (Å²) < 4.78 is 11.0. The van der Waals surface area contributed by atoms with Gasteiger partial charge in [0, 0.05) is 11.6 Å². The molecular weight excluding hydrogens is 264 g/mol. The molecule has 1 aliphatic rings. The molecular formula is C17H28N2O2. The Kier molecular flexibility index (Phi) is 5.88. The van der Waals surface area contributed by atoms with Crippen molar-refractivity contribution in [1.29, 1.82) is 0 Å². The monoisotopic (exact) mass is 292 g/mol. The summed E-state index contributed by atoms with van der Waals surface area (Å²) in [6, 6.07) is 6.48. The summed E-state index contributed by atoms with van der Waals surface area (Å²) >= 11 is 0. The minimum absolute atomic E-state index is 0.388. The molecule has 0 amide bonds. The summed E-state index contributed by atoms with van der Waals surface area (Å²) in [4.78, 5) is 2.43. The van der Waals surface area contributed by atoms with Gasteiger partial charge in [-0.05, 0) is 63.6 Å². The first-order chi connectivity index (χ1) is 10.2. The standard InChI is InChI=1S/C17H28N2O2/c1-5-9-18-12-13-8-10-19(2)17(13)15-11-14(20-3)6-7-16(15)21-4/h6-7,11,13,17-18H,5,8-10,12H2,1-4H3. The van der Waals surface area contributed by atoms with E-state index >= 15 is 0 Å². The molecule has 118 valence electrons. The van der Waals surface area contributed by atoms with Crippen LogP contribution in [0.4, 0.5) is 0 Å². The van der Waals surface area contributed by atoms with Crippen LogP contribution in [0.1, 0.15) is 31.4 Å². The molecule has 1 heterocycles. The van der Waals surface area contributed by atoms with E-state index in [4.69, 9.17) is 9.47 Å². The molecule has 0 saturated carbocycles. The topological polar surface area (TPSA) is 33.7 Å². The van der Waals surface area contributed by atoms with E-state index in [1.54, 1.807) is 14.2 Å². The lowest BCUT2D eigenvalue weighted by Gasteiger charge is -2.27. The minimum atomic E-state index is 0.388. The first-order valence-corrected chi connectivity index (χ1v) is 7.84. The summed E-state index contributed by atoms with van der Waals surface area (Å²) in [5, 5.41) is 3.56. The molecule has 4 nitrogen and oxygen atoms in total. The summed E-state index contributed by atoms with van der Waals surface area (Å²) in [5.74, 6) is 2.46. The Morgan fingerprint density at radius 1 is 1.29 bits per heavy atom. The number of rotatable bonds is 7. The van der Waals surface area contributed by atoms with Gasteiger partial charge in [-0.1, -0.05) is 6.92 Å². The summed E-state index contributed by atoms with van der Waals surface area (Å²) in [7, 11) is 5.65. The van der Waals surface area contributed by atoms with Gasteiger partial charge in [0.05, 0.1) is 14.2 Å². The molecule has 2 atom stereocenters. The highest BCUT2D eigenvalue weighted by Crippen LogP contribution is 2.41. The van der Waals surface area contributed by atoms with Crippen LogP contribution in [-0.4, -0.2) is 45.8 Å².